The van der Waals surface area contributed by atoms with Crippen molar-refractivity contribution in [3.63, 3.8) is 0 Å². The van der Waals surface area contributed by atoms with Gasteiger partial charge in [-0.15, -0.1) is 12.4 Å². The number of rotatable bonds is 3. The SMILES string of the molecule is Cc1cc(S(=O)(=O)NC2CC3CCC(C2)N3)cc(C)c1F.Cl. The van der Waals surface area contributed by atoms with Gasteiger partial charge in [0.1, 0.15) is 5.82 Å². The van der Waals surface area contributed by atoms with E-state index in [2.05, 4.69) is 10.0 Å². The molecule has 4 nitrogen and oxygen atoms in total. The van der Waals surface area contributed by atoms with Gasteiger partial charge in [-0.2, -0.15) is 0 Å². The van der Waals surface area contributed by atoms with Crippen molar-refractivity contribution in [2.45, 2.75) is 62.6 Å². The number of halogens is 2. The Kier molecular flexibility index (Phi) is 5.16. The van der Waals surface area contributed by atoms with E-state index in [0.717, 1.165) is 25.7 Å². The first-order chi connectivity index (χ1) is 9.85. The summed E-state index contributed by atoms with van der Waals surface area (Å²) < 4.78 is 41.4. The number of nitrogens with one attached hydrogen (secondary N) is 2. The van der Waals surface area contributed by atoms with Gasteiger partial charge in [-0.1, -0.05) is 0 Å². The Morgan fingerprint density at radius 2 is 1.64 bits per heavy atom. The van der Waals surface area contributed by atoms with E-state index in [4.69, 9.17) is 0 Å². The van der Waals surface area contributed by atoms with Crippen LogP contribution >= 0.6 is 12.4 Å². The summed E-state index contributed by atoms with van der Waals surface area (Å²) in [5.41, 5.74) is 0.724. The highest BCUT2D eigenvalue weighted by Crippen LogP contribution is 2.28. The maximum Gasteiger partial charge on any atom is 0.240 e. The number of hydrogen-bond donors (Lipinski definition) is 2. The molecule has 1 aromatic rings. The molecule has 2 unspecified atom stereocenters. The van der Waals surface area contributed by atoms with Gasteiger partial charge in [0.2, 0.25) is 10.0 Å². The van der Waals surface area contributed by atoms with Crippen molar-refractivity contribution in [1.82, 2.24) is 10.0 Å². The molecular weight excluding hydrogens is 327 g/mol. The fourth-order valence-electron chi connectivity index (χ4n) is 3.50. The number of piperidine rings is 1. The second-order valence-electron chi connectivity index (χ2n) is 6.30. The lowest BCUT2D eigenvalue weighted by atomic mass is 10.0. The summed E-state index contributed by atoms with van der Waals surface area (Å²) in [6, 6.07) is 3.63. The number of benzene rings is 1. The zero-order chi connectivity index (χ0) is 15.2. The molecule has 2 heterocycles. The molecule has 0 amide bonds. The van der Waals surface area contributed by atoms with Gasteiger partial charge in [0, 0.05) is 18.1 Å². The fourth-order valence-corrected chi connectivity index (χ4v) is 4.93. The molecule has 3 rings (SSSR count). The van der Waals surface area contributed by atoms with Gasteiger partial charge in [0.05, 0.1) is 4.90 Å². The third-order valence-corrected chi connectivity index (χ3v) is 6.02. The number of hydrogen-bond acceptors (Lipinski definition) is 3. The van der Waals surface area contributed by atoms with E-state index in [9.17, 15) is 12.8 Å². The Morgan fingerprint density at radius 1 is 1.14 bits per heavy atom. The molecular formula is C15H22ClFN2O2S. The van der Waals surface area contributed by atoms with Crippen LogP contribution in [0, 0.1) is 19.7 Å². The molecule has 124 valence electrons. The molecule has 2 aliphatic heterocycles. The van der Waals surface area contributed by atoms with Gasteiger partial charge < -0.3 is 5.32 Å². The smallest absolute Gasteiger partial charge is 0.240 e. The van der Waals surface area contributed by atoms with Gasteiger partial charge in [-0.3, -0.25) is 0 Å². The van der Waals surface area contributed by atoms with Crippen molar-refractivity contribution in [3.05, 3.63) is 29.1 Å². The predicted molar refractivity (Wildman–Crippen MR) is 86.4 cm³/mol. The lowest BCUT2D eigenvalue weighted by molar-refractivity contribution is 0.345. The molecule has 7 heteroatoms. The van der Waals surface area contributed by atoms with E-state index >= 15 is 0 Å². The van der Waals surface area contributed by atoms with Crippen LogP contribution < -0.4 is 10.0 Å². The van der Waals surface area contributed by atoms with Crippen molar-refractivity contribution >= 4 is 22.4 Å². The second-order valence-corrected chi connectivity index (χ2v) is 8.01. The summed E-state index contributed by atoms with van der Waals surface area (Å²) >= 11 is 0. The minimum absolute atomic E-state index is 0. The van der Waals surface area contributed by atoms with Crippen LogP contribution in [-0.2, 0) is 10.0 Å². The Labute approximate surface area is 137 Å². The zero-order valence-corrected chi connectivity index (χ0v) is 14.4. The van der Waals surface area contributed by atoms with Crippen molar-refractivity contribution in [2.24, 2.45) is 0 Å². The molecule has 0 aliphatic carbocycles. The Hall–Kier alpha value is -0.690. The molecule has 0 radical (unpaired) electrons. The Bertz CT molecular complexity index is 631. The summed E-state index contributed by atoms with van der Waals surface area (Å²) in [6.45, 7) is 3.18. The normalized spacial score (nSPS) is 27.5. The molecule has 0 spiro atoms. The molecule has 2 atom stereocenters. The van der Waals surface area contributed by atoms with E-state index in [1.165, 1.54) is 12.1 Å². The maximum atomic E-state index is 13.6. The predicted octanol–water partition coefficient (Wildman–Crippen LogP) is 2.43. The molecule has 0 saturated carbocycles. The van der Waals surface area contributed by atoms with E-state index in [0.29, 0.717) is 23.2 Å². The average molecular weight is 349 g/mol. The van der Waals surface area contributed by atoms with Crippen LogP contribution in [0.5, 0.6) is 0 Å². The summed E-state index contributed by atoms with van der Waals surface area (Å²) in [7, 11) is -3.59. The minimum Gasteiger partial charge on any atom is -0.311 e. The molecule has 2 bridgehead atoms. The first-order valence-electron chi connectivity index (χ1n) is 7.40. The van der Waals surface area contributed by atoms with Crippen LogP contribution in [0.2, 0.25) is 0 Å². The molecule has 22 heavy (non-hydrogen) atoms. The summed E-state index contributed by atoms with van der Waals surface area (Å²) in [5.74, 6) is -0.339. The largest absolute Gasteiger partial charge is 0.311 e. The molecule has 0 aromatic heterocycles. The van der Waals surface area contributed by atoms with Crippen molar-refractivity contribution in [1.29, 1.82) is 0 Å². The Balaban J connectivity index is 0.00000176. The molecule has 2 saturated heterocycles. The van der Waals surface area contributed by atoms with Crippen LogP contribution in [0.3, 0.4) is 0 Å². The average Bonchev–Trinajstić information content (AvgIpc) is 2.74. The molecule has 2 N–H and O–H groups in total. The summed E-state index contributed by atoms with van der Waals surface area (Å²) in [4.78, 5) is 0.157. The van der Waals surface area contributed by atoms with Crippen LogP contribution in [-0.4, -0.2) is 26.5 Å². The summed E-state index contributed by atoms with van der Waals surface area (Å²) in [6.07, 6.45) is 3.90. The van der Waals surface area contributed by atoms with E-state index in [-0.39, 0.29) is 29.2 Å². The lowest BCUT2D eigenvalue weighted by Crippen LogP contribution is -2.47. The van der Waals surface area contributed by atoms with E-state index in [1.54, 1.807) is 13.8 Å². The van der Waals surface area contributed by atoms with Crippen LogP contribution in [0.15, 0.2) is 17.0 Å². The van der Waals surface area contributed by atoms with Gasteiger partial charge in [0.15, 0.2) is 0 Å². The van der Waals surface area contributed by atoms with E-state index < -0.39 is 10.0 Å². The van der Waals surface area contributed by atoms with Crippen LogP contribution in [0.25, 0.3) is 0 Å². The fraction of sp³-hybridized carbons (Fsp3) is 0.600. The van der Waals surface area contributed by atoms with Crippen LogP contribution in [0.4, 0.5) is 4.39 Å². The first kappa shape index (κ1) is 17.7. The minimum atomic E-state index is -3.59. The maximum absolute atomic E-state index is 13.6. The second kappa shape index (κ2) is 6.43. The topological polar surface area (TPSA) is 58.2 Å². The third kappa shape index (κ3) is 3.45. The van der Waals surface area contributed by atoms with Gasteiger partial charge in [-0.05, 0) is 62.8 Å². The highest BCUT2D eigenvalue weighted by Gasteiger charge is 2.35. The molecule has 1 aromatic carbocycles. The molecule has 2 fully saturated rings. The van der Waals surface area contributed by atoms with Gasteiger partial charge >= 0.3 is 0 Å². The number of fused-ring (bicyclic) bond motifs is 2. The monoisotopic (exact) mass is 348 g/mol. The third-order valence-electron chi connectivity index (χ3n) is 4.52. The van der Waals surface area contributed by atoms with Crippen molar-refractivity contribution in [3.8, 4) is 0 Å². The van der Waals surface area contributed by atoms with Gasteiger partial charge in [0.25, 0.3) is 0 Å². The standard InChI is InChI=1S/C15H21FN2O2S.ClH/c1-9-5-14(6-10(2)15(9)16)21(19,20)18-13-7-11-3-4-12(8-13)17-11;/h5-6,11-13,17-18H,3-4,7-8H2,1-2H3;1H. The van der Waals surface area contributed by atoms with Gasteiger partial charge in [-0.25, -0.2) is 17.5 Å². The number of sulfonamides is 1. The van der Waals surface area contributed by atoms with Crippen molar-refractivity contribution in [2.75, 3.05) is 0 Å². The summed E-state index contributed by atoms with van der Waals surface area (Å²) in [5, 5.41) is 3.49. The lowest BCUT2D eigenvalue weighted by Gasteiger charge is -2.29. The molecule has 2 aliphatic rings. The van der Waals surface area contributed by atoms with E-state index in [1.807, 2.05) is 0 Å². The van der Waals surface area contributed by atoms with Crippen LogP contribution in [0.1, 0.15) is 36.8 Å². The quantitative estimate of drug-likeness (QED) is 0.882. The highest BCUT2D eigenvalue weighted by molar-refractivity contribution is 7.89. The zero-order valence-electron chi connectivity index (χ0n) is 12.7. The first-order valence-corrected chi connectivity index (χ1v) is 8.88. The Morgan fingerprint density at radius 3 is 2.14 bits per heavy atom. The number of aryl methyl sites for hydroxylation is 2. The highest BCUT2D eigenvalue weighted by atomic mass is 35.5. The van der Waals surface area contributed by atoms with Crippen molar-refractivity contribution < 1.29 is 12.8 Å².